The Morgan fingerprint density at radius 3 is 2.44 bits per heavy atom. The standard InChI is InChI=1S/C30H22BrNO6S/c1-36-22-12-10-20(11-13-22)29(34)38-27-24(31)14-18(15-25(27)37-2)16-26-28(33)32(30(35)39-26)17-21-8-5-7-19-6-3-4-9-23(19)21/h3-16H,17H2,1-2H3/b26-16-. The number of halogens is 1. The maximum Gasteiger partial charge on any atom is 0.343 e. The molecular formula is C30H22BrNO6S. The minimum absolute atomic E-state index is 0.177. The Hall–Kier alpha value is -4.08. The van der Waals surface area contributed by atoms with Crippen molar-refractivity contribution in [2.75, 3.05) is 14.2 Å². The molecule has 7 nitrogen and oxygen atoms in total. The summed E-state index contributed by atoms with van der Waals surface area (Å²) in [5.74, 6) is 0.158. The first-order valence-electron chi connectivity index (χ1n) is 11.8. The van der Waals surface area contributed by atoms with E-state index in [0.29, 0.717) is 21.3 Å². The van der Waals surface area contributed by atoms with Crippen molar-refractivity contribution in [2.24, 2.45) is 0 Å². The molecule has 0 unspecified atom stereocenters. The largest absolute Gasteiger partial charge is 0.497 e. The zero-order chi connectivity index (χ0) is 27.5. The quantitative estimate of drug-likeness (QED) is 0.127. The van der Waals surface area contributed by atoms with Gasteiger partial charge in [-0.15, -0.1) is 0 Å². The number of hydrogen-bond donors (Lipinski definition) is 0. The monoisotopic (exact) mass is 603 g/mol. The van der Waals surface area contributed by atoms with Gasteiger partial charge in [-0.2, -0.15) is 0 Å². The first kappa shape index (κ1) is 26.5. The summed E-state index contributed by atoms with van der Waals surface area (Å²) >= 11 is 4.33. The number of benzene rings is 4. The number of imide groups is 1. The average molecular weight is 604 g/mol. The highest BCUT2D eigenvalue weighted by molar-refractivity contribution is 9.10. The van der Waals surface area contributed by atoms with Crippen LogP contribution in [-0.2, 0) is 11.3 Å². The Morgan fingerprint density at radius 1 is 0.949 bits per heavy atom. The van der Waals surface area contributed by atoms with E-state index < -0.39 is 5.97 Å². The molecule has 0 aliphatic carbocycles. The Bertz CT molecular complexity index is 1630. The maximum atomic E-state index is 13.2. The molecule has 1 saturated heterocycles. The van der Waals surface area contributed by atoms with E-state index in [2.05, 4.69) is 15.9 Å². The van der Waals surface area contributed by atoms with Gasteiger partial charge in [0.2, 0.25) is 0 Å². The van der Waals surface area contributed by atoms with Crippen LogP contribution >= 0.6 is 27.7 Å². The summed E-state index contributed by atoms with van der Waals surface area (Å²) in [5, 5.41) is 1.70. The molecule has 9 heteroatoms. The molecule has 5 rings (SSSR count). The Labute approximate surface area is 237 Å². The summed E-state index contributed by atoms with van der Waals surface area (Å²) in [5.41, 5.74) is 1.83. The average Bonchev–Trinajstić information content (AvgIpc) is 3.21. The van der Waals surface area contributed by atoms with Gasteiger partial charge in [0.25, 0.3) is 11.1 Å². The molecule has 1 aliphatic rings. The zero-order valence-corrected chi connectivity index (χ0v) is 23.4. The molecular weight excluding hydrogens is 582 g/mol. The van der Waals surface area contributed by atoms with Crippen LogP contribution in [0.3, 0.4) is 0 Å². The second kappa shape index (κ2) is 11.3. The molecule has 0 radical (unpaired) electrons. The smallest absolute Gasteiger partial charge is 0.343 e. The molecule has 1 heterocycles. The highest BCUT2D eigenvalue weighted by Gasteiger charge is 2.35. The van der Waals surface area contributed by atoms with Gasteiger partial charge in [0.05, 0.1) is 35.7 Å². The van der Waals surface area contributed by atoms with Crippen LogP contribution in [0, 0.1) is 0 Å². The number of methoxy groups -OCH3 is 2. The molecule has 0 saturated carbocycles. The van der Waals surface area contributed by atoms with Crippen molar-refractivity contribution in [3.05, 3.63) is 105 Å². The van der Waals surface area contributed by atoms with Crippen LogP contribution in [0.5, 0.6) is 17.2 Å². The predicted octanol–water partition coefficient (Wildman–Crippen LogP) is 7.08. The van der Waals surface area contributed by atoms with E-state index >= 15 is 0 Å². The summed E-state index contributed by atoms with van der Waals surface area (Å²) in [6, 6.07) is 23.6. The van der Waals surface area contributed by atoms with Gasteiger partial charge in [-0.25, -0.2) is 4.79 Å². The van der Waals surface area contributed by atoms with E-state index in [9.17, 15) is 14.4 Å². The number of fused-ring (bicyclic) bond motifs is 1. The molecule has 4 aromatic rings. The SMILES string of the molecule is COc1ccc(C(=O)Oc2c(Br)cc(/C=C3\SC(=O)N(Cc4cccc5ccccc45)C3=O)cc2OC)cc1. The lowest BCUT2D eigenvalue weighted by atomic mass is 10.0. The summed E-state index contributed by atoms with van der Waals surface area (Å²) < 4.78 is 16.6. The Morgan fingerprint density at radius 2 is 1.69 bits per heavy atom. The minimum Gasteiger partial charge on any atom is -0.497 e. The van der Waals surface area contributed by atoms with E-state index in [1.807, 2.05) is 42.5 Å². The fourth-order valence-electron chi connectivity index (χ4n) is 4.19. The number of hydrogen-bond acceptors (Lipinski definition) is 7. The fourth-order valence-corrected chi connectivity index (χ4v) is 5.57. The predicted molar refractivity (Wildman–Crippen MR) is 154 cm³/mol. The first-order valence-corrected chi connectivity index (χ1v) is 13.4. The molecule has 0 aromatic heterocycles. The number of esters is 1. The molecule has 39 heavy (non-hydrogen) atoms. The molecule has 0 atom stereocenters. The Balaban J connectivity index is 1.37. The third kappa shape index (κ3) is 5.55. The zero-order valence-electron chi connectivity index (χ0n) is 21.0. The van der Waals surface area contributed by atoms with Crippen LogP contribution in [-0.4, -0.2) is 36.2 Å². The Kier molecular flexibility index (Phi) is 7.72. The summed E-state index contributed by atoms with van der Waals surface area (Å²) in [6.45, 7) is 0.177. The topological polar surface area (TPSA) is 82.1 Å². The second-order valence-corrected chi connectivity index (χ2v) is 10.4. The van der Waals surface area contributed by atoms with Gasteiger partial charge >= 0.3 is 5.97 Å². The number of amides is 2. The minimum atomic E-state index is -0.570. The maximum absolute atomic E-state index is 13.2. The van der Waals surface area contributed by atoms with Crippen molar-refractivity contribution in [1.82, 2.24) is 4.90 Å². The lowest BCUT2D eigenvalue weighted by Crippen LogP contribution is -2.27. The fraction of sp³-hybridized carbons (Fsp3) is 0.100. The summed E-state index contributed by atoms with van der Waals surface area (Å²) in [6.07, 6.45) is 1.62. The van der Waals surface area contributed by atoms with Gasteiger partial charge in [0.15, 0.2) is 11.5 Å². The van der Waals surface area contributed by atoms with Gasteiger partial charge in [0.1, 0.15) is 5.75 Å². The normalized spacial score (nSPS) is 14.2. The van der Waals surface area contributed by atoms with Crippen molar-refractivity contribution < 1.29 is 28.6 Å². The highest BCUT2D eigenvalue weighted by Crippen LogP contribution is 2.40. The second-order valence-electron chi connectivity index (χ2n) is 8.56. The number of thioether (sulfide) groups is 1. The number of nitrogens with zero attached hydrogens (tertiary/aromatic N) is 1. The van der Waals surface area contributed by atoms with Gasteiger partial charge in [-0.3, -0.25) is 14.5 Å². The van der Waals surface area contributed by atoms with Crippen molar-refractivity contribution in [2.45, 2.75) is 6.54 Å². The van der Waals surface area contributed by atoms with Crippen molar-refractivity contribution >= 4 is 61.7 Å². The molecule has 2 amide bonds. The molecule has 0 bridgehead atoms. The summed E-state index contributed by atoms with van der Waals surface area (Å²) in [4.78, 5) is 40.2. The van der Waals surface area contributed by atoms with Gasteiger partial charge in [-0.05, 0) is 92.1 Å². The van der Waals surface area contributed by atoms with Crippen molar-refractivity contribution in [3.8, 4) is 17.2 Å². The molecule has 4 aromatic carbocycles. The lowest BCUT2D eigenvalue weighted by Gasteiger charge is -2.14. The molecule has 1 fully saturated rings. The van der Waals surface area contributed by atoms with E-state index in [1.54, 1.807) is 49.6 Å². The lowest BCUT2D eigenvalue weighted by molar-refractivity contribution is -0.123. The van der Waals surface area contributed by atoms with Crippen molar-refractivity contribution in [3.63, 3.8) is 0 Å². The van der Waals surface area contributed by atoms with Crippen molar-refractivity contribution in [1.29, 1.82) is 0 Å². The molecule has 0 N–H and O–H groups in total. The number of rotatable bonds is 7. The summed E-state index contributed by atoms with van der Waals surface area (Å²) in [7, 11) is 3.00. The van der Waals surface area contributed by atoms with E-state index in [4.69, 9.17) is 14.2 Å². The van der Waals surface area contributed by atoms with Gasteiger partial charge in [-0.1, -0.05) is 42.5 Å². The van der Waals surface area contributed by atoms with E-state index in [-0.39, 0.29) is 34.1 Å². The number of ether oxygens (including phenoxy) is 3. The van der Waals surface area contributed by atoms with Crippen LogP contribution < -0.4 is 14.2 Å². The molecule has 196 valence electrons. The molecule has 1 aliphatic heterocycles. The number of carbonyl (C=O) groups excluding carboxylic acids is 3. The molecule has 0 spiro atoms. The van der Waals surface area contributed by atoms with Crippen LogP contribution in [0.25, 0.3) is 16.8 Å². The van der Waals surface area contributed by atoms with Crippen LogP contribution in [0.4, 0.5) is 4.79 Å². The van der Waals surface area contributed by atoms with Crippen LogP contribution in [0.1, 0.15) is 21.5 Å². The van der Waals surface area contributed by atoms with Crippen LogP contribution in [0.15, 0.2) is 88.2 Å². The number of carbonyl (C=O) groups is 3. The highest BCUT2D eigenvalue weighted by atomic mass is 79.9. The van der Waals surface area contributed by atoms with Gasteiger partial charge < -0.3 is 14.2 Å². The van der Waals surface area contributed by atoms with Crippen LogP contribution in [0.2, 0.25) is 0 Å². The van der Waals surface area contributed by atoms with E-state index in [0.717, 1.165) is 28.1 Å². The van der Waals surface area contributed by atoms with E-state index in [1.165, 1.54) is 12.0 Å². The third-order valence-electron chi connectivity index (χ3n) is 6.15. The van der Waals surface area contributed by atoms with Gasteiger partial charge in [0, 0.05) is 0 Å². The first-order chi connectivity index (χ1) is 18.9. The third-order valence-corrected chi connectivity index (χ3v) is 7.65.